The molecule has 1 aliphatic carbocycles. The van der Waals surface area contributed by atoms with Crippen LogP contribution in [-0.2, 0) is 28.7 Å². The van der Waals surface area contributed by atoms with Crippen molar-refractivity contribution in [1.29, 1.82) is 0 Å². The maximum atomic E-state index is 12.7. The Balaban J connectivity index is 2.25. The molecule has 8 heteroatoms. The van der Waals surface area contributed by atoms with E-state index >= 15 is 0 Å². The highest BCUT2D eigenvalue weighted by atomic mass is 16.6. The van der Waals surface area contributed by atoms with E-state index in [1.165, 1.54) is 0 Å². The Kier molecular flexibility index (Phi) is 3.98. The molecule has 0 aromatic heterocycles. The van der Waals surface area contributed by atoms with Crippen LogP contribution < -0.4 is 0 Å². The fraction of sp³-hybridized carbons (Fsp3) is 0.625. The molecule has 2 N–H and O–H groups in total. The Morgan fingerprint density at radius 2 is 1.83 bits per heavy atom. The normalized spacial score (nSPS) is 31.2. The summed E-state index contributed by atoms with van der Waals surface area (Å²) in [5.74, 6) is -4.35. The molecule has 2 bridgehead atoms. The lowest BCUT2D eigenvalue weighted by atomic mass is 9.66. The minimum absolute atomic E-state index is 0.229. The molecule has 3 unspecified atom stereocenters. The number of hydrogen-bond acceptors (Lipinski definition) is 6. The van der Waals surface area contributed by atoms with Gasteiger partial charge in [0.05, 0.1) is 5.41 Å². The SMILES string of the molecule is C=C(CC(OC(=O)C12CCC(C)(C(=O)O1)C2(C)C)C(=O)O)C(=O)O. The summed E-state index contributed by atoms with van der Waals surface area (Å²) in [5, 5.41) is 18.0. The first-order valence-corrected chi connectivity index (χ1v) is 7.47. The number of ether oxygens (including phenoxy) is 2. The van der Waals surface area contributed by atoms with E-state index in [2.05, 4.69) is 6.58 Å². The van der Waals surface area contributed by atoms with E-state index < -0.39 is 58.4 Å². The topological polar surface area (TPSA) is 127 Å². The Morgan fingerprint density at radius 3 is 2.21 bits per heavy atom. The van der Waals surface area contributed by atoms with Crippen LogP contribution in [-0.4, -0.2) is 45.8 Å². The lowest BCUT2D eigenvalue weighted by Gasteiger charge is -2.35. The van der Waals surface area contributed by atoms with Gasteiger partial charge in [-0.15, -0.1) is 0 Å². The van der Waals surface area contributed by atoms with Crippen molar-refractivity contribution in [2.45, 2.75) is 51.7 Å². The Hall–Kier alpha value is -2.38. The molecule has 2 aliphatic rings. The molecule has 1 aliphatic heterocycles. The molecular formula is C16H20O8. The monoisotopic (exact) mass is 340 g/mol. The number of carbonyl (C=O) groups is 4. The van der Waals surface area contributed by atoms with Gasteiger partial charge in [-0.3, -0.25) is 4.79 Å². The van der Waals surface area contributed by atoms with Gasteiger partial charge in [-0.1, -0.05) is 20.4 Å². The smallest absolute Gasteiger partial charge is 0.352 e. The Labute approximate surface area is 138 Å². The van der Waals surface area contributed by atoms with E-state index in [1.807, 2.05) is 0 Å². The van der Waals surface area contributed by atoms with Crippen LogP contribution in [0.4, 0.5) is 0 Å². The molecule has 1 saturated heterocycles. The van der Waals surface area contributed by atoms with Crippen molar-refractivity contribution < 1.29 is 38.9 Å². The van der Waals surface area contributed by atoms with Gasteiger partial charge in [0.25, 0.3) is 0 Å². The third-order valence-electron chi connectivity index (χ3n) is 5.67. The van der Waals surface area contributed by atoms with Crippen LogP contribution in [0.1, 0.15) is 40.0 Å². The Bertz CT molecular complexity index is 648. The highest BCUT2D eigenvalue weighted by molar-refractivity contribution is 5.95. The first-order valence-electron chi connectivity index (χ1n) is 7.47. The second-order valence-electron chi connectivity index (χ2n) is 7.02. The highest BCUT2D eigenvalue weighted by Gasteiger charge is 2.76. The molecule has 0 amide bonds. The van der Waals surface area contributed by atoms with E-state index in [1.54, 1.807) is 20.8 Å². The summed E-state index contributed by atoms with van der Waals surface area (Å²) < 4.78 is 10.3. The van der Waals surface area contributed by atoms with E-state index in [4.69, 9.17) is 14.6 Å². The average molecular weight is 340 g/mol. The molecular weight excluding hydrogens is 320 g/mol. The largest absolute Gasteiger partial charge is 0.478 e. The van der Waals surface area contributed by atoms with E-state index in [0.29, 0.717) is 6.42 Å². The quantitative estimate of drug-likeness (QED) is 0.544. The zero-order chi connectivity index (χ0) is 18.5. The van der Waals surface area contributed by atoms with Crippen molar-refractivity contribution in [3.63, 3.8) is 0 Å². The van der Waals surface area contributed by atoms with Gasteiger partial charge in [0.15, 0.2) is 0 Å². The van der Waals surface area contributed by atoms with Crippen LogP contribution in [0.3, 0.4) is 0 Å². The molecule has 0 radical (unpaired) electrons. The summed E-state index contributed by atoms with van der Waals surface area (Å²) >= 11 is 0. The molecule has 0 aromatic carbocycles. The molecule has 132 valence electrons. The van der Waals surface area contributed by atoms with Crippen molar-refractivity contribution in [3.8, 4) is 0 Å². The van der Waals surface area contributed by atoms with Crippen molar-refractivity contribution in [2.75, 3.05) is 0 Å². The van der Waals surface area contributed by atoms with Gasteiger partial charge in [0.1, 0.15) is 0 Å². The molecule has 1 saturated carbocycles. The molecule has 1 heterocycles. The molecule has 2 fully saturated rings. The standard InChI is InChI=1S/C16H20O8/c1-8(10(17)18)7-9(11(19)20)23-13(22)16-6-5-15(4,12(21)24-16)14(16,2)3/h9H,1,5-7H2,2-4H3,(H,17,18)(H,19,20). The summed E-state index contributed by atoms with van der Waals surface area (Å²) in [7, 11) is 0. The van der Waals surface area contributed by atoms with Gasteiger partial charge in [-0.05, 0) is 19.8 Å². The van der Waals surface area contributed by atoms with Gasteiger partial charge in [0, 0.05) is 17.4 Å². The number of carbonyl (C=O) groups excluding carboxylic acids is 2. The summed E-state index contributed by atoms with van der Waals surface area (Å²) in [6.07, 6.45) is -1.61. The lowest BCUT2D eigenvalue weighted by Crippen LogP contribution is -2.50. The maximum Gasteiger partial charge on any atom is 0.352 e. The fourth-order valence-electron chi connectivity index (χ4n) is 3.42. The molecule has 24 heavy (non-hydrogen) atoms. The van der Waals surface area contributed by atoms with E-state index in [9.17, 15) is 24.3 Å². The third kappa shape index (κ3) is 2.20. The summed E-state index contributed by atoms with van der Waals surface area (Å²) in [5.41, 5.74) is -3.68. The minimum atomic E-state index is -1.71. The van der Waals surface area contributed by atoms with Crippen LogP contribution in [0, 0.1) is 10.8 Å². The summed E-state index contributed by atoms with van der Waals surface area (Å²) in [6.45, 7) is 8.36. The van der Waals surface area contributed by atoms with E-state index in [-0.39, 0.29) is 6.42 Å². The molecule has 0 spiro atoms. The van der Waals surface area contributed by atoms with Gasteiger partial charge in [0.2, 0.25) is 11.7 Å². The second kappa shape index (κ2) is 5.32. The molecule has 0 aromatic rings. The molecule has 2 rings (SSSR count). The van der Waals surface area contributed by atoms with Crippen LogP contribution in [0.25, 0.3) is 0 Å². The number of carboxylic acid groups (broad SMARTS) is 2. The predicted octanol–water partition coefficient (Wildman–Crippen LogP) is 1.14. The van der Waals surface area contributed by atoms with Gasteiger partial charge in [-0.2, -0.15) is 0 Å². The minimum Gasteiger partial charge on any atom is -0.478 e. The van der Waals surface area contributed by atoms with Crippen LogP contribution >= 0.6 is 0 Å². The van der Waals surface area contributed by atoms with Crippen LogP contribution in [0.2, 0.25) is 0 Å². The Morgan fingerprint density at radius 1 is 1.25 bits per heavy atom. The molecule has 8 nitrogen and oxygen atoms in total. The number of aliphatic carboxylic acids is 2. The maximum absolute atomic E-state index is 12.7. The highest BCUT2D eigenvalue weighted by Crippen LogP contribution is 2.65. The average Bonchev–Trinajstić information content (AvgIpc) is 2.76. The second-order valence-corrected chi connectivity index (χ2v) is 7.02. The number of fused-ring (bicyclic) bond motifs is 2. The van der Waals surface area contributed by atoms with Gasteiger partial charge >= 0.3 is 23.9 Å². The van der Waals surface area contributed by atoms with Crippen molar-refractivity contribution >= 4 is 23.9 Å². The fourth-order valence-corrected chi connectivity index (χ4v) is 3.42. The zero-order valence-electron chi connectivity index (χ0n) is 13.7. The van der Waals surface area contributed by atoms with Crippen LogP contribution in [0.15, 0.2) is 12.2 Å². The number of carboxylic acids is 2. The lowest BCUT2D eigenvalue weighted by molar-refractivity contribution is -0.190. The van der Waals surface area contributed by atoms with E-state index in [0.717, 1.165) is 0 Å². The number of rotatable bonds is 6. The van der Waals surface area contributed by atoms with Gasteiger partial charge < -0.3 is 19.7 Å². The predicted molar refractivity (Wildman–Crippen MR) is 78.9 cm³/mol. The number of hydrogen-bond donors (Lipinski definition) is 2. The zero-order valence-corrected chi connectivity index (χ0v) is 13.7. The third-order valence-corrected chi connectivity index (χ3v) is 5.67. The first-order chi connectivity index (χ1) is 10.9. The first kappa shape index (κ1) is 18.0. The van der Waals surface area contributed by atoms with Crippen molar-refractivity contribution in [3.05, 3.63) is 12.2 Å². The molecule has 3 atom stereocenters. The summed E-state index contributed by atoms with van der Waals surface area (Å²) in [6, 6.07) is 0. The van der Waals surface area contributed by atoms with Crippen molar-refractivity contribution in [2.24, 2.45) is 10.8 Å². The van der Waals surface area contributed by atoms with Gasteiger partial charge in [-0.25, -0.2) is 14.4 Å². The van der Waals surface area contributed by atoms with Crippen LogP contribution in [0.5, 0.6) is 0 Å². The van der Waals surface area contributed by atoms with Crippen molar-refractivity contribution in [1.82, 2.24) is 0 Å². The summed E-state index contributed by atoms with van der Waals surface area (Å²) in [4.78, 5) is 46.9. The number of esters is 2.